The van der Waals surface area contributed by atoms with Gasteiger partial charge in [0, 0.05) is 18.1 Å². The molecule has 0 spiro atoms. The lowest BCUT2D eigenvalue weighted by atomic mass is 9.86. The summed E-state index contributed by atoms with van der Waals surface area (Å²) < 4.78 is 0. The third-order valence-corrected chi connectivity index (χ3v) is 4.57. The Kier molecular flexibility index (Phi) is 3.60. The van der Waals surface area contributed by atoms with Gasteiger partial charge in [0.25, 0.3) is 0 Å². The zero-order valence-electron chi connectivity index (χ0n) is 11.4. The molecule has 0 aromatic heterocycles. The van der Waals surface area contributed by atoms with Gasteiger partial charge in [-0.3, -0.25) is 4.90 Å². The van der Waals surface area contributed by atoms with Crippen LogP contribution in [0.25, 0.3) is 0 Å². The molecule has 0 radical (unpaired) electrons. The van der Waals surface area contributed by atoms with Gasteiger partial charge >= 0.3 is 0 Å². The molecule has 2 saturated carbocycles. The maximum absolute atomic E-state index is 3.79. The standard InChI is InChI=1S/C14H28N2/c1-5-10-15-13-12(8-9-14(13,2)3)16(4)11-6-7-11/h11-13,15H,5-10H2,1-4H3. The summed E-state index contributed by atoms with van der Waals surface area (Å²) in [5.74, 6) is 0. The largest absolute Gasteiger partial charge is 0.312 e. The van der Waals surface area contributed by atoms with E-state index in [0.29, 0.717) is 11.5 Å². The molecule has 2 fully saturated rings. The summed E-state index contributed by atoms with van der Waals surface area (Å²) >= 11 is 0. The van der Waals surface area contributed by atoms with Crippen molar-refractivity contribution >= 4 is 0 Å². The van der Waals surface area contributed by atoms with Gasteiger partial charge < -0.3 is 5.32 Å². The molecule has 16 heavy (non-hydrogen) atoms. The summed E-state index contributed by atoms with van der Waals surface area (Å²) in [6, 6.07) is 2.36. The van der Waals surface area contributed by atoms with Crippen LogP contribution in [0.5, 0.6) is 0 Å². The summed E-state index contributed by atoms with van der Waals surface area (Å²) in [4.78, 5) is 2.65. The van der Waals surface area contributed by atoms with Gasteiger partial charge in [-0.1, -0.05) is 20.8 Å². The highest BCUT2D eigenvalue weighted by Crippen LogP contribution is 2.42. The number of rotatable bonds is 5. The molecule has 2 atom stereocenters. The Hall–Kier alpha value is -0.0800. The van der Waals surface area contributed by atoms with E-state index in [0.717, 1.165) is 12.1 Å². The topological polar surface area (TPSA) is 15.3 Å². The predicted octanol–water partition coefficient (Wildman–Crippen LogP) is 2.64. The van der Waals surface area contributed by atoms with Crippen LogP contribution in [0.15, 0.2) is 0 Å². The fraction of sp³-hybridized carbons (Fsp3) is 1.00. The molecule has 2 nitrogen and oxygen atoms in total. The quantitative estimate of drug-likeness (QED) is 0.772. The van der Waals surface area contributed by atoms with E-state index < -0.39 is 0 Å². The van der Waals surface area contributed by atoms with E-state index in [9.17, 15) is 0 Å². The molecule has 0 bridgehead atoms. The van der Waals surface area contributed by atoms with Crippen molar-refractivity contribution < 1.29 is 0 Å². The van der Waals surface area contributed by atoms with Crippen LogP contribution in [0.1, 0.15) is 52.9 Å². The van der Waals surface area contributed by atoms with Crippen LogP contribution in [0.4, 0.5) is 0 Å². The second kappa shape index (κ2) is 4.66. The Morgan fingerprint density at radius 1 is 1.25 bits per heavy atom. The van der Waals surface area contributed by atoms with Crippen molar-refractivity contribution in [3.05, 3.63) is 0 Å². The van der Waals surface area contributed by atoms with Crippen molar-refractivity contribution in [3.8, 4) is 0 Å². The summed E-state index contributed by atoms with van der Waals surface area (Å²) in [6.07, 6.45) is 6.84. The van der Waals surface area contributed by atoms with Crippen LogP contribution in [-0.4, -0.2) is 36.6 Å². The van der Waals surface area contributed by atoms with Crippen LogP contribution < -0.4 is 5.32 Å². The molecule has 0 amide bonds. The Morgan fingerprint density at radius 3 is 2.50 bits per heavy atom. The SMILES string of the molecule is CCCNC1C(N(C)C2CC2)CCC1(C)C. The minimum absolute atomic E-state index is 0.475. The van der Waals surface area contributed by atoms with E-state index in [1.165, 1.54) is 38.6 Å². The summed E-state index contributed by atoms with van der Waals surface area (Å²) in [5, 5.41) is 3.79. The number of nitrogens with one attached hydrogen (secondary N) is 1. The van der Waals surface area contributed by atoms with Crippen LogP contribution in [0.3, 0.4) is 0 Å². The number of hydrogen-bond donors (Lipinski definition) is 1. The maximum atomic E-state index is 3.79. The Labute approximate surface area is 101 Å². The molecule has 0 aliphatic heterocycles. The molecular formula is C14H28N2. The minimum Gasteiger partial charge on any atom is -0.312 e. The molecule has 2 heteroatoms. The fourth-order valence-electron chi connectivity index (χ4n) is 3.27. The molecule has 2 rings (SSSR count). The van der Waals surface area contributed by atoms with Gasteiger partial charge in [-0.15, -0.1) is 0 Å². The molecular weight excluding hydrogens is 196 g/mol. The van der Waals surface area contributed by atoms with E-state index in [4.69, 9.17) is 0 Å². The van der Waals surface area contributed by atoms with Crippen LogP contribution in [-0.2, 0) is 0 Å². The zero-order chi connectivity index (χ0) is 11.8. The van der Waals surface area contributed by atoms with E-state index in [2.05, 4.69) is 38.0 Å². The first-order valence-corrected chi connectivity index (χ1v) is 7.01. The molecule has 2 aliphatic rings. The minimum atomic E-state index is 0.475. The first kappa shape index (κ1) is 12.4. The van der Waals surface area contributed by atoms with Gasteiger partial charge in [-0.05, 0) is 51.1 Å². The van der Waals surface area contributed by atoms with Crippen molar-refractivity contribution in [2.75, 3.05) is 13.6 Å². The summed E-state index contributed by atoms with van der Waals surface area (Å²) in [6.45, 7) is 8.29. The number of hydrogen-bond acceptors (Lipinski definition) is 2. The van der Waals surface area contributed by atoms with Gasteiger partial charge in [0.2, 0.25) is 0 Å². The highest BCUT2D eigenvalue weighted by Gasteiger charge is 2.45. The maximum Gasteiger partial charge on any atom is 0.0274 e. The molecule has 2 aliphatic carbocycles. The van der Waals surface area contributed by atoms with Gasteiger partial charge in [0.1, 0.15) is 0 Å². The van der Waals surface area contributed by atoms with Crippen LogP contribution in [0.2, 0.25) is 0 Å². The third kappa shape index (κ3) is 2.43. The van der Waals surface area contributed by atoms with E-state index in [1.807, 2.05) is 0 Å². The van der Waals surface area contributed by atoms with Crippen molar-refractivity contribution in [1.29, 1.82) is 0 Å². The lowest BCUT2D eigenvalue weighted by Gasteiger charge is -2.36. The van der Waals surface area contributed by atoms with Crippen molar-refractivity contribution in [2.24, 2.45) is 5.41 Å². The fourth-order valence-corrected chi connectivity index (χ4v) is 3.27. The lowest BCUT2D eigenvalue weighted by molar-refractivity contribution is 0.164. The van der Waals surface area contributed by atoms with Crippen molar-refractivity contribution in [2.45, 2.75) is 71.0 Å². The average molecular weight is 224 g/mol. The molecule has 0 aromatic rings. The van der Waals surface area contributed by atoms with Gasteiger partial charge in [-0.25, -0.2) is 0 Å². The van der Waals surface area contributed by atoms with Gasteiger partial charge in [0.15, 0.2) is 0 Å². The smallest absolute Gasteiger partial charge is 0.0274 e. The van der Waals surface area contributed by atoms with Crippen LogP contribution in [0, 0.1) is 5.41 Å². The number of likely N-dealkylation sites (N-methyl/N-ethyl adjacent to an activating group) is 1. The molecule has 1 N–H and O–H groups in total. The second-order valence-corrected chi connectivity index (χ2v) is 6.42. The molecule has 0 heterocycles. The Balaban J connectivity index is 1.99. The molecule has 94 valence electrons. The first-order chi connectivity index (χ1) is 7.56. The second-order valence-electron chi connectivity index (χ2n) is 6.42. The van der Waals surface area contributed by atoms with Crippen LogP contribution >= 0.6 is 0 Å². The van der Waals surface area contributed by atoms with Gasteiger partial charge in [-0.2, -0.15) is 0 Å². The Morgan fingerprint density at radius 2 is 1.94 bits per heavy atom. The lowest BCUT2D eigenvalue weighted by Crippen LogP contribution is -2.51. The molecule has 2 unspecified atom stereocenters. The molecule has 0 saturated heterocycles. The van der Waals surface area contributed by atoms with E-state index in [1.54, 1.807) is 0 Å². The first-order valence-electron chi connectivity index (χ1n) is 7.01. The highest BCUT2D eigenvalue weighted by atomic mass is 15.2. The zero-order valence-corrected chi connectivity index (χ0v) is 11.4. The molecule has 0 aromatic carbocycles. The average Bonchev–Trinajstić information content (AvgIpc) is 3.01. The monoisotopic (exact) mass is 224 g/mol. The third-order valence-electron chi connectivity index (χ3n) is 4.57. The number of nitrogens with zero attached hydrogens (tertiary/aromatic N) is 1. The summed E-state index contributed by atoms with van der Waals surface area (Å²) in [7, 11) is 2.34. The van der Waals surface area contributed by atoms with Gasteiger partial charge in [0.05, 0.1) is 0 Å². The Bertz CT molecular complexity index is 233. The van der Waals surface area contributed by atoms with Crippen molar-refractivity contribution in [3.63, 3.8) is 0 Å². The van der Waals surface area contributed by atoms with Crippen molar-refractivity contribution in [1.82, 2.24) is 10.2 Å². The highest BCUT2D eigenvalue weighted by molar-refractivity contribution is 5.03. The summed E-state index contributed by atoms with van der Waals surface area (Å²) in [5.41, 5.74) is 0.475. The predicted molar refractivity (Wildman–Crippen MR) is 69.7 cm³/mol. The van der Waals surface area contributed by atoms with E-state index in [-0.39, 0.29) is 0 Å². The normalized spacial score (nSPS) is 33.6. The van der Waals surface area contributed by atoms with E-state index >= 15 is 0 Å².